The van der Waals surface area contributed by atoms with Gasteiger partial charge in [-0.25, -0.2) is 0 Å². The van der Waals surface area contributed by atoms with Crippen LogP contribution in [-0.2, 0) is 6.42 Å². The Morgan fingerprint density at radius 1 is 1.30 bits per heavy atom. The van der Waals surface area contributed by atoms with E-state index in [0.29, 0.717) is 16.8 Å². The number of rotatable bonds is 3. The van der Waals surface area contributed by atoms with Crippen LogP contribution in [0.5, 0.6) is 0 Å². The third-order valence-corrected chi connectivity index (χ3v) is 4.33. The first kappa shape index (κ1) is 14.9. The minimum Gasteiger partial charge on any atom is -0.382 e. The van der Waals surface area contributed by atoms with Crippen LogP contribution in [0.2, 0.25) is 5.02 Å². The molecule has 3 nitrogen and oxygen atoms in total. The van der Waals surface area contributed by atoms with Crippen molar-refractivity contribution in [2.45, 2.75) is 34.1 Å². The number of H-pyrrole nitrogens is 1. The van der Waals surface area contributed by atoms with E-state index in [1.165, 1.54) is 0 Å². The highest BCUT2D eigenvalue weighted by molar-refractivity contribution is 6.33. The number of nitrogens with two attached hydrogens (primary N) is 1. The molecule has 3 N–H and O–H groups in total. The molecule has 108 valence electrons. The molecule has 0 aliphatic rings. The Hall–Kier alpha value is -1.48. The summed E-state index contributed by atoms with van der Waals surface area (Å²) in [7, 11) is 0. The van der Waals surface area contributed by atoms with E-state index in [9.17, 15) is 0 Å². The number of nitrogens with one attached hydrogen (secondary N) is 1. The summed E-state index contributed by atoms with van der Waals surface area (Å²) in [5, 5.41) is 7.93. The van der Waals surface area contributed by atoms with Crippen molar-refractivity contribution in [3.8, 4) is 11.1 Å². The molecule has 0 aliphatic carbocycles. The maximum Gasteiger partial charge on any atom is 0.153 e. The second-order valence-corrected chi connectivity index (χ2v) is 6.82. The van der Waals surface area contributed by atoms with E-state index in [0.717, 1.165) is 23.2 Å². The van der Waals surface area contributed by atoms with E-state index in [1.807, 2.05) is 24.3 Å². The molecule has 0 saturated carbocycles. The zero-order valence-corrected chi connectivity index (χ0v) is 13.3. The molecular weight excluding hydrogens is 270 g/mol. The van der Waals surface area contributed by atoms with Gasteiger partial charge in [0.15, 0.2) is 5.82 Å². The Morgan fingerprint density at radius 2 is 1.95 bits per heavy atom. The van der Waals surface area contributed by atoms with Gasteiger partial charge in [0.25, 0.3) is 0 Å². The number of hydrogen-bond acceptors (Lipinski definition) is 2. The fourth-order valence-corrected chi connectivity index (χ4v) is 2.35. The van der Waals surface area contributed by atoms with E-state index in [1.54, 1.807) is 0 Å². The molecular formula is C16H22ClN3. The van der Waals surface area contributed by atoms with Gasteiger partial charge in [-0.05, 0) is 23.8 Å². The molecule has 1 unspecified atom stereocenters. The molecule has 2 rings (SSSR count). The minimum absolute atomic E-state index is 0.234. The molecule has 0 aliphatic heterocycles. The van der Waals surface area contributed by atoms with Crippen molar-refractivity contribution in [2.24, 2.45) is 11.3 Å². The van der Waals surface area contributed by atoms with E-state index < -0.39 is 0 Å². The molecule has 0 spiro atoms. The third-order valence-electron chi connectivity index (χ3n) is 4.00. The number of hydrogen-bond donors (Lipinski definition) is 2. The molecule has 0 bridgehead atoms. The second-order valence-electron chi connectivity index (χ2n) is 6.41. The summed E-state index contributed by atoms with van der Waals surface area (Å²) < 4.78 is 0. The number of aromatic amines is 1. The minimum atomic E-state index is 0.234. The first-order valence-electron chi connectivity index (χ1n) is 6.88. The lowest BCUT2D eigenvalue weighted by molar-refractivity contribution is 0.258. The Balaban J connectivity index is 2.41. The Morgan fingerprint density at radius 3 is 2.55 bits per heavy atom. The Bertz CT molecular complexity index is 596. The van der Waals surface area contributed by atoms with Gasteiger partial charge in [-0.15, -0.1) is 0 Å². The van der Waals surface area contributed by atoms with Gasteiger partial charge in [0.1, 0.15) is 0 Å². The van der Waals surface area contributed by atoms with Crippen LogP contribution in [0, 0.1) is 11.3 Å². The standard InChI is InChI=1S/C16H22ClN3/c1-10(16(2,3)4)9-13-14(15(18)20-19-13)11-7-5-6-8-12(11)17/h5-8,10H,9H2,1-4H3,(H3,18,19,20). The lowest BCUT2D eigenvalue weighted by Gasteiger charge is -2.27. The van der Waals surface area contributed by atoms with Gasteiger partial charge in [-0.3, -0.25) is 5.10 Å². The second kappa shape index (κ2) is 5.49. The van der Waals surface area contributed by atoms with Crippen LogP contribution < -0.4 is 5.73 Å². The number of halogens is 1. The van der Waals surface area contributed by atoms with Crippen molar-refractivity contribution in [1.29, 1.82) is 0 Å². The SMILES string of the molecule is CC(Cc1[nH]nc(N)c1-c1ccccc1Cl)C(C)(C)C. The summed E-state index contributed by atoms with van der Waals surface area (Å²) in [6.07, 6.45) is 0.897. The number of aromatic nitrogens is 2. The van der Waals surface area contributed by atoms with Crippen LogP contribution in [0.3, 0.4) is 0 Å². The van der Waals surface area contributed by atoms with Gasteiger partial charge < -0.3 is 5.73 Å². The number of benzene rings is 1. The normalized spacial score (nSPS) is 13.4. The third kappa shape index (κ3) is 2.98. The first-order chi connectivity index (χ1) is 9.30. The summed E-state index contributed by atoms with van der Waals surface area (Å²) in [5.74, 6) is 1.01. The zero-order chi connectivity index (χ0) is 14.9. The monoisotopic (exact) mass is 291 g/mol. The van der Waals surface area contributed by atoms with Crippen LogP contribution >= 0.6 is 11.6 Å². The lowest BCUT2D eigenvalue weighted by atomic mass is 9.79. The molecule has 0 saturated heterocycles. The van der Waals surface area contributed by atoms with Crippen molar-refractivity contribution in [1.82, 2.24) is 10.2 Å². The first-order valence-corrected chi connectivity index (χ1v) is 7.26. The number of nitrogen functional groups attached to an aromatic ring is 1. The molecule has 2 aromatic rings. The summed E-state index contributed by atoms with van der Waals surface area (Å²) in [4.78, 5) is 0. The van der Waals surface area contributed by atoms with Gasteiger partial charge in [-0.2, -0.15) is 5.10 Å². The molecule has 1 atom stereocenters. The highest BCUT2D eigenvalue weighted by Gasteiger charge is 2.24. The smallest absolute Gasteiger partial charge is 0.153 e. The number of nitrogens with zero attached hydrogens (tertiary/aromatic N) is 1. The predicted octanol–water partition coefficient (Wildman–Crippen LogP) is 4.54. The molecule has 1 aromatic heterocycles. The molecule has 0 fully saturated rings. The summed E-state index contributed by atoms with van der Waals surface area (Å²) in [6, 6.07) is 7.74. The van der Waals surface area contributed by atoms with Gasteiger partial charge in [-0.1, -0.05) is 57.5 Å². The van der Waals surface area contributed by atoms with Crippen molar-refractivity contribution in [2.75, 3.05) is 5.73 Å². The van der Waals surface area contributed by atoms with Crippen LogP contribution in [-0.4, -0.2) is 10.2 Å². The van der Waals surface area contributed by atoms with Gasteiger partial charge >= 0.3 is 0 Å². The summed E-state index contributed by atoms with van der Waals surface area (Å²) >= 11 is 6.29. The van der Waals surface area contributed by atoms with E-state index in [-0.39, 0.29) is 5.41 Å². The van der Waals surface area contributed by atoms with Crippen LogP contribution in [0.1, 0.15) is 33.4 Å². The Kier molecular flexibility index (Phi) is 4.09. The average Bonchev–Trinajstić information content (AvgIpc) is 2.70. The molecule has 1 aromatic carbocycles. The number of anilines is 1. The predicted molar refractivity (Wildman–Crippen MR) is 85.8 cm³/mol. The lowest BCUT2D eigenvalue weighted by Crippen LogP contribution is -2.19. The van der Waals surface area contributed by atoms with Gasteiger partial charge in [0, 0.05) is 21.8 Å². The quantitative estimate of drug-likeness (QED) is 0.872. The average molecular weight is 292 g/mol. The molecule has 4 heteroatoms. The van der Waals surface area contributed by atoms with Crippen LogP contribution in [0.4, 0.5) is 5.82 Å². The van der Waals surface area contributed by atoms with E-state index >= 15 is 0 Å². The topological polar surface area (TPSA) is 54.7 Å². The maximum atomic E-state index is 6.29. The van der Waals surface area contributed by atoms with Crippen molar-refractivity contribution >= 4 is 17.4 Å². The molecule has 0 radical (unpaired) electrons. The van der Waals surface area contributed by atoms with E-state index in [4.69, 9.17) is 17.3 Å². The highest BCUT2D eigenvalue weighted by atomic mass is 35.5. The fourth-order valence-electron chi connectivity index (χ4n) is 2.12. The van der Waals surface area contributed by atoms with E-state index in [2.05, 4.69) is 37.9 Å². The Labute approximate surface area is 125 Å². The van der Waals surface area contributed by atoms with Crippen molar-refractivity contribution in [3.63, 3.8) is 0 Å². The maximum absolute atomic E-state index is 6.29. The molecule has 1 heterocycles. The van der Waals surface area contributed by atoms with Gasteiger partial charge in [0.2, 0.25) is 0 Å². The molecule has 20 heavy (non-hydrogen) atoms. The van der Waals surface area contributed by atoms with Gasteiger partial charge in [0.05, 0.1) is 0 Å². The summed E-state index contributed by atoms with van der Waals surface area (Å²) in [6.45, 7) is 8.97. The largest absolute Gasteiger partial charge is 0.382 e. The van der Waals surface area contributed by atoms with Crippen molar-refractivity contribution < 1.29 is 0 Å². The van der Waals surface area contributed by atoms with Crippen molar-refractivity contribution in [3.05, 3.63) is 35.0 Å². The highest BCUT2D eigenvalue weighted by Crippen LogP contribution is 2.36. The zero-order valence-electron chi connectivity index (χ0n) is 12.5. The fraction of sp³-hybridized carbons (Fsp3) is 0.438. The van der Waals surface area contributed by atoms with Crippen LogP contribution in [0.25, 0.3) is 11.1 Å². The molecule has 0 amide bonds. The summed E-state index contributed by atoms with van der Waals surface area (Å²) in [5.41, 5.74) is 9.19. The van der Waals surface area contributed by atoms with Crippen LogP contribution in [0.15, 0.2) is 24.3 Å².